The van der Waals surface area contributed by atoms with Crippen molar-refractivity contribution in [2.75, 3.05) is 62.6 Å². The summed E-state index contributed by atoms with van der Waals surface area (Å²) in [6.07, 6.45) is 1.27. The molecule has 1 aromatic carbocycles. The molecule has 0 aromatic heterocycles. The second-order valence-corrected chi connectivity index (χ2v) is 8.16. The van der Waals surface area contributed by atoms with Gasteiger partial charge in [0.05, 0.1) is 6.54 Å². The number of likely N-dealkylation sites (tertiary alicyclic amines) is 1. The summed E-state index contributed by atoms with van der Waals surface area (Å²) in [6.45, 7) is 14.9. The minimum absolute atomic E-state index is 0.0932. The fourth-order valence-corrected chi connectivity index (χ4v) is 4.40. The maximum absolute atomic E-state index is 12.4. The lowest BCUT2D eigenvalue weighted by atomic mass is 9.92. The van der Waals surface area contributed by atoms with Crippen molar-refractivity contribution < 1.29 is 4.79 Å². The van der Waals surface area contributed by atoms with E-state index in [1.54, 1.807) is 0 Å². The van der Waals surface area contributed by atoms with Gasteiger partial charge in [0, 0.05) is 50.6 Å². The van der Waals surface area contributed by atoms with Crippen LogP contribution in [0.4, 0.5) is 11.4 Å². The lowest BCUT2D eigenvalue weighted by Gasteiger charge is -2.35. The highest BCUT2D eigenvalue weighted by molar-refractivity contribution is 5.92. The molecule has 0 spiro atoms. The minimum Gasteiger partial charge on any atom is -0.369 e. The number of nitrogens with zero attached hydrogens (tertiary/aromatic N) is 3. The molecule has 2 atom stereocenters. The van der Waals surface area contributed by atoms with E-state index in [1.165, 1.54) is 12.1 Å². The van der Waals surface area contributed by atoms with E-state index in [2.05, 4.69) is 52.9 Å². The summed E-state index contributed by atoms with van der Waals surface area (Å²) in [5.74, 6) is 1.45. The molecule has 144 valence electrons. The SMILES string of the molecule is CCN1CCN(c2ccc(NC(=O)CN3CC(C)CC(C)C3)cc2)CC1. The van der Waals surface area contributed by atoms with E-state index >= 15 is 0 Å². The summed E-state index contributed by atoms with van der Waals surface area (Å²) in [5, 5.41) is 3.06. The average Bonchev–Trinajstić information content (AvgIpc) is 2.61. The summed E-state index contributed by atoms with van der Waals surface area (Å²) >= 11 is 0. The highest BCUT2D eigenvalue weighted by atomic mass is 16.2. The smallest absolute Gasteiger partial charge is 0.238 e. The topological polar surface area (TPSA) is 38.8 Å². The van der Waals surface area contributed by atoms with Crippen molar-refractivity contribution in [1.29, 1.82) is 0 Å². The molecule has 2 aliphatic heterocycles. The van der Waals surface area contributed by atoms with Crippen molar-refractivity contribution in [1.82, 2.24) is 9.80 Å². The van der Waals surface area contributed by atoms with Crippen LogP contribution in [-0.2, 0) is 4.79 Å². The zero-order valence-corrected chi connectivity index (χ0v) is 16.6. The van der Waals surface area contributed by atoms with Crippen LogP contribution in [-0.4, -0.2) is 68.1 Å². The predicted molar refractivity (Wildman–Crippen MR) is 109 cm³/mol. The second-order valence-electron chi connectivity index (χ2n) is 8.16. The normalized spacial score (nSPS) is 25.3. The van der Waals surface area contributed by atoms with Crippen LogP contribution in [0, 0.1) is 11.8 Å². The number of hydrogen-bond donors (Lipinski definition) is 1. The van der Waals surface area contributed by atoms with Crippen LogP contribution in [0.15, 0.2) is 24.3 Å². The van der Waals surface area contributed by atoms with Crippen LogP contribution < -0.4 is 10.2 Å². The maximum atomic E-state index is 12.4. The summed E-state index contributed by atoms with van der Waals surface area (Å²) in [4.78, 5) is 19.6. The van der Waals surface area contributed by atoms with E-state index in [1.807, 2.05) is 12.1 Å². The van der Waals surface area contributed by atoms with Crippen LogP contribution in [0.3, 0.4) is 0 Å². The number of amides is 1. The third-order valence-electron chi connectivity index (χ3n) is 5.65. The Labute approximate surface area is 158 Å². The number of nitrogens with one attached hydrogen (secondary N) is 1. The Kier molecular flexibility index (Phi) is 6.54. The van der Waals surface area contributed by atoms with Gasteiger partial charge in [-0.2, -0.15) is 0 Å². The molecular weight excluding hydrogens is 324 g/mol. The van der Waals surface area contributed by atoms with Gasteiger partial charge in [0.2, 0.25) is 5.91 Å². The fraction of sp³-hybridized carbons (Fsp3) is 0.667. The lowest BCUT2D eigenvalue weighted by Crippen LogP contribution is -2.46. The van der Waals surface area contributed by atoms with Gasteiger partial charge in [-0.1, -0.05) is 20.8 Å². The molecule has 1 aromatic rings. The zero-order chi connectivity index (χ0) is 18.5. The summed E-state index contributed by atoms with van der Waals surface area (Å²) < 4.78 is 0. The number of carbonyl (C=O) groups is 1. The van der Waals surface area contributed by atoms with Gasteiger partial charge in [-0.25, -0.2) is 0 Å². The van der Waals surface area contributed by atoms with Gasteiger partial charge >= 0.3 is 0 Å². The molecular formula is C21H34N4O. The van der Waals surface area contributed by atoms with E-state index in [9.17, 15) is 4.79 Å². The van der Waals surface area contributed by atoms with Crippen LogP contribution in [0.25, 0.3) is 0 Å². The first-order valence-electron chi connectivity index (χ1n) is 10.1. The molecule has 5 heteroatoms. The number of carbonyl (C=O) groups excluding carboxylic acids is 1. The number of benzene rings is 1. The first-order chi connectivity index (χ1) is 12.5. The lowest BCUT2D eigenvalue weighted by molar-refractivity contribution is -0.117. The molecule has 5 nitrogen and oxygen atoms in total. The van der Waals surface area contributed by atoms with Crippen molar-refractivity contribution in [3.05, 3.63) is 24.3 Å². The number of likely N-dealkylation sites (N-methyl/N-ethyl adjacent to an activating group) is 1. The first kappa shape index (κ1) is 19.2. The highest BCUT2D eigenvalue weighted by Crippen LogP contribution is 2.22. The molecule has 0 radical (unpaired) electrons. The Balaban J connectivity index is 1.48. The fourth-order valence-electron chi connectivity index (χ4n) is 4.40. The van der Waals surface area contributed by atoms with E-state index in [0.717, 1.165) is 51.5 Å². The Morgan fingerprint density at radius 2 is 1.62 bits per heavy atom. The van der Waals surface area contributed by atoms with Gasteiger partial charge in [0.25, 0.3) is 0 Å². The summed E-state index contributed by atoms with van der Waals surface area (Å²) in [6, 6.07) is 8.31. The Morgan fingerprint density at radius 1 is 1.00 bits per heavy atom. The Bertz CT molecular complexity index is 570. The molecule has 2 unspecified atom stereocenters. The number of rotatable bonds is 5. The second kappa shape index (κ2) is 8.87. The van der Waals surface area contributed by atoms with Crippen LogP contribution in [0.2, 0.25) is 0 Å². The third-order valence-corrected chi connectivity index (χ3v) is 5.65. The predicted octanol–water partition coefficient (Wildman–Crippen LogP) is 2.74. The Hall–Kier alpha value is -1.59. The highest BCUT2D eigenvalue weighted by Gasteiger charge is 2.23. The molecule has 2 aliphatic rings. The van der Waals surface area contributed by atoms with Crippen LogP contribution in [0.1, 0.15) is 27.2 Å². The van der Waals surface area contributed by atoms with Gasteiger partial charge in [-0.3, -0.25) is 9.69 Å². The number of piperidine rings is 1. The zero-order valence-electron chi connectivity index (χ0n) is 16.6. The standard InChI is InChI=1S/C21H34N4O/c1-4-23-9-11-25(12-10-23)20-7-5-19(6-8-20)22-21(26)16-24-14-17(2)13-18(3)15-24/h5-8,17-18H,4,9-16H2,1-3H3,(H,22,26). The van der Waals surface area contributed by atoms with Crippen molar-refractivity contribution in [3.8, 4) is 0 Å². The van der Waals surface area contributed by atoms with E-state index in [0.29, 0.717) is 18.4 Å². The molecule has 1 amide bonds. The molecule has 26 heavy (non-hydrogen) atoms. The van der Waals surface area contributed by atoms with Gasteiger partial charge in [0.1, 0.15) is 0 Å². The number of hydrogen-bond acceptors (Lipinski definition) is 4. The maximum Gasteiger partial charge on any atom is 0.238 e. The van der Waals surface area contributed by atoms with Crippen molar-refractivity contribution in [3.63, 3.8) is 0 Å². The molecule has 0 bridgehead atoms. The number of anilines is 2. The van der Waals surface area contributed by atoms with Gasteiger partial charge in [0.15, 0.2) is 0 Å². The van der Waals surface area contributed by atoms with Crippen molar-refractivity contribution >= 4 is 17.3 Å². The summed E-state index contributed by atoms with van der Waals surface area (Å²) in [5.41, 5.74) is 2.14. The monoisotopic (exact) mass is 358 g/mol. The van der Waals surface area contributed by atoms with E-state index in [4.69, 9.17) is 0 Å². The molecule has 0 aliphatic carbocycles. The Morgan fingerprint density at radius 3 is 2.19 bits per heavy atom. The molecule has 0 saturated carbocycles. The molecule has 3 rings (SSSR count). The van der Waals surface area contributed by atoms with Gasteiger partial charge in [-0.05, 0) is 49.1 Å². The van der Waals surface area contributed by atoms with Gasteiger partial charge < -0.3 is 15.1 Å². The van der Waals surface area contributed by atoms with Crippen LogP contribution >= 0.6 is 0 Å². The molecule has 2 saturated heterocycles. The third kappa shape index (κ3) is 5.21. The number of piperazine rings is 1. The molecule has 1 N–H and O–H groups in total. The largest absolute Gasteiger partial charge is 0.369 e. The molecule has 2 fully saturated rings. The van der Waals surface area contributed by atoms with Gasteiger partial charge in [-0.15, -0.1) is 0 Å². The molecule has 2 heterocycles. The quantitative estimate of drug-likeness (QED) is 0.878. The van der Waals surface area contributed by atoms with Crippen molar-refractivity contribution in [2.24, 2.45) is 11.8 Å². The van der Waals surface area contributed by atoms with E-state index < -0.39 is 0 Å². The van der Waals surface area contributed by atoms with Crippen LogP contribution in [0.5, 0.6) is 0 Å². The summed E-state index contributed by atoms with van der Waals surface area (Å²) in [7, 11) is 0. The average molecular weight is 359 g/mol. The minimum atomic E-state index is 0.0932. The van der Waals surface area contributed by atoms with E-state index in [-0.39, 0.29) is 5.91 Å². The first-order valence-corrected chi connectivity index (χ1v) is 10.1. The van der Waals surface area contributed by atoms with Crippen molar-refractivity contribution in [2.45, 2.75) is 27.2 Å².